The number of rotatable bonds is 1. The van der Waals surface area contributed by atoms with Crippen LogP contribution in [-0.4, -0.2) is 18.9 Å². The lowest BCUT2D eigenvalue weighted by atomic mass is 10.1. The lowest BCUT2D eigenvalue weighted by Gasteiger charge is -2.15. The molecule has 0 saturated carbocycles. The second kappa shape index (κ2) is 13.2. The fraction of sp³-hybridized carbons (Fsp3) is 0.900. The molecule has 12 heavy (non-hydrogen) atoms. The monoisotopic (exact) mass is 175 g/mol. The highest BCUT2D eigenvalue weighted by molar-refractivity contribution is 5.48. The highest BCUT2D eigenvalue weighted by atomic mass is 16.1. The van der Waals surface area contributed by atoms with Gasteiger partial charge in [0.15, 0.2) is 0 Å². The standard InChI is InChI=1S/C5H13N.C3H6O.C2H6/c1-5(2,3)6-4;1-2-3-4;1-2/h6H,1-4H3;3H,2H2,1H3;1-2H3. The Morgan fingerprint density at radius 1 is 1.25 bits per heavy atom. The van der Waals surface area contributed by atoms with Crippen molar-refractivity contribution in [2.24, 2.45) is 0 Å². The summed E-state index contributed by atoms with van der Waals surface area (Å²) in [6.45, 7) is 12.2. The van der Waals surface area contributed by atoms with Gasteiger partial charge in [0.25, 0.3) is 0 Å². The van der Waals surface area contributed by atoms with Crippen molar-refractivity contribution in [3.8, 4) is 0 Å². The van der Waals surface area contributed by atoms with Crippen LogP contribution in [0.5, 0.6) is 0 Å². The van der Waals surface area contributed by atoms with Gasteiger partial charge in [0, 0.05) is 12.0 Å². The van der Waals surface area contributed by atoms with Gasteiger partial charge in [-0.2, -0.15) is 0 Å². The molecule has 76 valence electrons. The molecule has 0 heterocycles. The fourth-order valence-corrected chi connectivity index (χ4v) is 0. The molecule has 0 saturated heterocycles. The van der Waals surface area contributed by atoms with Gasteiger partial charge < -0.3 is 10.1 Å². The summed E-state index contributed by atoms with van der Waals surface area (Å²) in [6, 6.07) is 0. The molecular weight excluding hydrogens is 150 g/mol. The van der Waals surface area contributed by atoms with E-state index in [0.29, 0.717) is 12.0 Å². The predicted molar refractivity (Wildman–Crippen MR) is 56.5 cm³/mol. The third-order valence-electron chi connectivity index (χ3n) is 0.917. The van der Waals surface area contributed by atoms with Crippen LogP contribution in [-0.2, 0) is 4.79 Å². The van der Waals surface area contributed by atoms with E-state index in [1.54, 1.807) is 0 Å². The maximum Gasteiger partial charge on any atom is 0.119 e. The van der Waals surface area contributed by atoms with Gasteiger partial charge in [-0.25, -0.2) is 0 Å². The molecule has 0 rings (SSSR count). The molecule has 0 aliphatic rings. The molecule has 0 radical (unpaired) electrons. The van der Waals surface area contributed by atoms with E-state index in [4.69, 9.17) is 0 Å². The minimum Gasteiger partial charge on any atom is -0.315 e. The molecule has 0 bridgehead atoms. The van der Waals surface area contributed by atoms with Gasteiger partial charge in [0.05, 0.1) is 0 Å². The van der Waals surface area contributed by atoms with Crippen LogP contribution >= 0.6 is 0 Å². The maximum atomic E-state index is 9.17. The van der Waals surface area contributed by atoms with Crippen molar-refractivity contribution in [3.63, 3.8) is 0 Å². The average Bonchev–Trinajstić information content (AvgIpc) is 2.07. The number of hydrogen-bond donors (Lipinski definition) is 1. The van der Waals surface area contributed by atoms with Crippen LogP contribution in [0, 0.1) is 0 Å². The van der Waals surface area contributed by atoms with Crippen molar-refractivity contribution in [1.82, 2.24) is 5.32 Å². The van der Waals surface area contributed by atoms with Gasteiger partial charge in [-0.05, 0) is 27.8 Å². The molecule has 0 unspecified atom stereocenters. The fourth-order valence-electron chi connectivity index (χ4n) is 0. The van der Waals surface area contributed by atoms with Crippen molar-refractivity contribution in [2.75, 3.05) is 7.05 Å². The highest BCUT2D eigenvalue weighted by Crippen LogP contribution is 1.93. The first-order valence-corrected chi connectivity index (χ1v) is 4.60. The van der Waals surface area contributed by atoms with E-state index in [0.717, 1.165) is 6.29 Å². The Hall–Kier alpha value is -0.370. The van der Waals surface area contributed by atoms with E-state index in [1.807, 2.05) is 27.8 Å². The first kappa shape index (κ1) is 17.6. The van der Waals surface area contributed by atoms with Gasteiger partial charge in [-0.15, -0.1) is 0 Å². The van der Waals surface area contributed by atoms with Crippen LogP contribution in [0.1, 0.15) is 48.0 Å². The molecule has 1 N–H and O–H groups in total. The van der Waals surface area contributed by atoms with E-state index >= 15 is 0 Å². The van der Waals surface area contributed by atoms with Gasteiger partial charge in [-0.1, -0.05) is 20.8 Å². The number of nitrogens with one attached hydrogen (secondary N) is 1. The zero-order valence-corrected chi connectivity index (χ0v) is 9.69. The second-order valence-electron chi connectivity index (χ2n) is 3.07. The summed E-state index contributed by atoms with van der Waals surface area (Å²) in [5, 5.41) is 3.10. The van der Waals surface area contributed by atoms with Gasteiger partial charge >= 0.3 is 0 Å². The second-order valence-corrected chi connectivity index (χ2v) is 3.07. The largest absolute Gasteiger partial charge is 0.315 e. The SMILES string of the molecule is CC.CCC=O.CNC(C)(C)C. The van der Waals surface area contributed by atoms with Crippen LogP contribution in [0.4, 0.5) is 0 Å². The Morgan fingerprint density at radius 3 is 1.42 bits per heavy atom. The molecule has 2 nitrogen and oxygen atoms in total. The summed E-state index contributed by atoms with van der Waals surface area (Å²) in [4.78, 5) is 9.17. The summed E-state index contributed by atoms with van der Waals surface area (Å²) in [7, 11) is 1.96. The summed E-state index contributed by atoms with van der Waals surface area (Å²) in [5.41, 5.74) is 0.292. The van der Waals surface area contributed by atoms with E-state index < -0.39 is 0 Å². The first-order valence-electron chi connectivity index (χ1n) is 4.60. The molecule has 0 spiro atoms. The van der Waals surface area contributed by atoms with Crippen molar-refractivity contribution in [2.45, 2.75) is 53.5 Å². The highest BCUT2D eigenvalue weighted by Gasteiger charge is 2.01. The molecule has 0 atom stereocenters. The molecule has 0 aromatic carbocycles. The smallest absolute Gasteiger partial charge is 0.119 e. The van der Waals surface area contributed by atoms with E-state index in [-0.39, 0.29) is 0 Å². The zero-order valence-electron chi connectivity index (χ0n) is 9.69. The average molecular weight is 175 g/mol. The van der Waals surface area contributed by atoms with E-state index in [2.05, 4.69) is 26.1 Å². The lowest BCUT2D eigenvalue weighted by molar-refractivity contribution is -0.107. The molecule has 0 aliphatic heterocycles. The summed E-state index contributed by atoms with van der Waals surface area (Å²) >= 11 is 0. The third-order valence-corrected chi connectivity index (χ3v) is 0.917. The Kier molecular flexibility index (Phi) is 19.5. The number of aldehydes is 1. The lowest BCUT2D eigenvalue weighted by Crippen LogP contribution is -2.31. The summed E-state index contributed by atoms with van der Waals surface area (Å²) < 4.78 is 0. The van der Waals surface area contributed by atoms with Crippen molar-refractivity contribution in [1.29, 1.82) is 0 Å². The number of hydrogen-bond acceptors (Lipinski definition) is 2. The Balaban J connectivity index is -0.000000118. The van der Waals surface area contributed by atoms with Crippen molar-refractivity contribution < 1.29 is 4.79 Å². The predicted octanol–water partition coefficient (Wildman–Crippen LogP) is 2.63. The summed E-state index contributed by atoms with van der Waals surface area (Å²) in [6.07, 6.45) is 1.51. The van der Waals surface area contributed by atoms with Crippen LogP contribution in [0.3, 0.4) is 0 Å². The van der Waals surface area contributed by atoms with Gasteiger partial charge in [-0.3, -0.25) is 0 Å². The Morgan fingerprint density at radius 2 is 1.42 bits per heavy atom. The van der Waals surface area contributed by atoms with Crippen LogP contribution < -0.4 is 5.32 Å². The number of carbonyl (C=O) groups is 1. The molecule has 0 aliphatic carbocycles. The molecule has 2 heteroatoms. The van der Waals surface area contributed by atoms with Crippen LogP contribution in [0.15, 0.2) is 0 Å². The molecule has 0 aromatic heterocycles. The minimum atomic E-state index is 0.292. The van der Waals surface area contributed by atoms with E-state index in [9.17, 15) is 4.79 Å². The molecule has 0 amide bonds. The topological polar surface area (TPSA) is 29.1 Å². The zero-order chi connectivity index (χ0) is 10.6. The van der Waals surface area contributed by atoms with Gasteiger partial charge in [0.1, 0.15) is 6.29 Å². The maximum absolute atomic E-state index is 9.17. The van der Waals surface area contributed by atoms with Crippen molar-refractivity contribution in [3.05, 3.63) is 0 Å². The van der Waals surface area contributed by atoms with E-state index in [1.165, 1.54) is 0 Å². The summed E-state index contributed by atoms with van der Waals surface area (Å²) in [5.74, 6) is 0. The normalized spacial score (nSPS) is 8.58. The van der Waals surface area contributed by atoms with Crippen LogP contribution in [0.2, 0.25) is 0 Å². The Bertz CT molecular complexity index is 74.4. The first-order chi connectivity index (χ1) is 5.47. The van der Waals surface area contributed by atoms with Gasteiger partial charge in [0.2, 0.25) is 0 Å². The molecule has 0 fully saturated rings. The van der Waals surface area contributed by atoms with Crippen LogP contribution in [0.25, 0.3) is 0 Å². The third kappa shape index (κ3) is 54.4. The van der Waals surface area contributed by atoms with Crippen molar-refractivity contribution >= 4 is 6.29 Å². The quantitative estimate of drug-likeness (QED) is 0.621. The molecule has 0 aromatic rings. The number of carbonyl (C=O) groups excluding carboxylic acids is 1. The Labute approximate surface area is 77.7 Å². The minimum absolute atomic E-state index is 0.292. The molecular formula is C10H25NO.